The number of rotatable bonds is 2. The molecule has 0 amide bonds. The highest BCUT2D eigenvalue weighted by Gasteiger charge is 2.25. The van der Waals surface area contributed by atoms with Crippen molar-refractivity contribution in [1.29, 1.82) is 0 Å². The summed E-state index contributed by atoms with van der Waals surface area (Å²) in [6, 6.07) is 0.557. The standard InChI is InChI=1S/C7H15NO2/c1-5(2)8-6-3-4-10-7(6)9/h5-9H,3-4H2,1-2H3/t6-,7+/m1/s1. The van der Waals surface area contributed by atoms with E-state index in [0.29, 0.717) is 12.6 Å². The van der Waals surface area contributed by atoms with E-state index in [1.54, 1.807) is 0 Å². The zero-order valence-corrected chi connectivity index (χ0v) is 6.50. The van der Waals surface area contributed by atoms with Crippen molar-refractivity contribution >= 4 is 0 Å². The Hall–Kier alpha value is -0.120. The molecule has 0 radical (unpaired) electrons. The summed E-state index contributed by atoms with van der Waals surface area (Å²) in [5.41, 5.74) is 0. The van der Waals surface area contributed by atoms with Gasteiger partial charge < -0.3 is 15.2 Å². The van der Waals surface area contributed by atoms with Crippen LogP contribution in [0.5, 0.6) is 0 Å². The van der Waals surface area contributed by atoms with Crippen LogP contribution in [0.4, 0.5) is 0 Å². The molecule has 0 spiro atoms. The Morgan fingerprint density at radius 2 is 2.30 bits per heavy atom. The SMILES string of the molecule is CC(C)N[C@@H]1CCO[C@@H]1O. The predicted molar refractivity (Wildman–Crippen MR) is 38.6 cm³/mol. The summed E-state index contributed by atoms with van der Waals surface area (Å²) in [6.45, 7) is 4.79. The molecule has 0 saturated carbocycles. The zero-order valence-electron chi connectivity index (χ0n) is 6.50. The van der Waals surface area contributed by atoms with Crippen LogP contribution in [0.15, 0.2) is 0 Å². The molecular formula is C7H15NO2. The Morgan fingerprint density at radius 1 is 1.60 bits per heavy atom. The molecule has 1 aliphatic heterocycles. The molecule has 1 rings (SSSR count). The van der Waals surface area contributed by atoms with Crippen molar-refractivity contribution in [2.45, 2.75) is 38.6 Å². The third-order valence-corrected chi connectivity index (χ3v) is 1.61. The van der Waals surface area contributed by atoms with Gasteiger partial charge in [-0.05, 0) is 6.42 Å². The first-order valence-electron chi connectivity index (χ1n) is 3.76. The minimum Gasteiger partial charge on any atom is -0.367 e. The molecule has 0 aliphatic carbocycles. The molecule has 1 aliphatic rings. The van der Waals surface area contributed by atoms with Gasteiger partial charge in [-0.15, -0.1) is 0 Å². The van der Waals surface area contributed by atoms with Gasteiger partial charge in [-0.3, -0.25) is 0 Å². The lowest BCUT2D eigenvalue weighted by atomic mass is 10.2. The van der Waals surface area contributed by atoms with E-state index >= 15 is 0 Å². The first kappa shape index (κ1) is 7.98. The van der Waals surface area contributed by atoms with Gasteiger partial charge >= 0.3 is 0 Å². The third kappa shape index (κ3) is 1.94. The monoisotopic (exact) mass is 145 g/mol. The van der Waals surface area contributed by atoms with Crippen LogP contribution in [-0.2, 0) is 4.74 Å². The van der Waals surface area contributed by atoms with Crippen molar-refractivity contribution in [3.63, 3.8) is 0 Å². The smallest absolute Gasteiger partial charge is 0.170 e. The summed E-state index contributed by atoms with van der Waals surface area (Å²) < 4.78 is 4.96. The molecule has 2 atom stereocenters. The Kier molecular flexibility index (Phi) is 2.65. The molecule has 0 aromatic heterocycles. The van der Waals surface area contributed by atoms with E-state index in [9.17, 15) is 0 Å². The van der Waals surface area contributed by atoms with E-state index in [1.165, 1.54) is 0 Å². The van der Waals surface area contributed by atoms with Crippen molar-refractivity contribution in [3.05, 3.63) is 0 Å². The van der Waals surface area contributed by atoms with Gasteiger partial charge in [0.2, 0.25) is 0 Å². The molecule has 0 bridgehead atoms. The second-order valence-corrected chi connectivity index (χ2v) is 2.98. The number of aliphatic hydroxyl groups is 1. The van der Waals surface area contributed by atoms with Crippen molar-refractivity contribution in [1.82, 2.24) is 5.32 Å². The number of aliphatic hydroxyl groups excluding tert-OH is 1. The zero-order chi connectivity index (χ0) is 7.56. The van der Waals surface area contributed by atoms with Crippen LogP contribution in [0.3, 0.4) is 0 Å². The molecule has 0 aromatic carbocycles. The van der Waals surface area contributed by atoms with Crippen LogP contribution >= 0.6 is 0 Å². The van der Waals surface area contributed by atoms with Gasteiger partial charge in [0.15, 0.2) is 6.29 Å². The minimum absolute atomic E-state index is 0.139. The van der Waals surface area contributed by atoms with Gasteiger partial charge in [-0.25, -0.2) is 0 Å². The summed E-state index contributed by atoms with van der Waals surface area (Å²) >= 11 is 0. The van der Waals surface area contributed by atoms with E-state index < -0.39 is 6.29 Å². The summed E-state index contributed by atoms with van der Waals surface area (Å²) in [5, 5.41) is 12.4. The molecule has 60 valence electrons. The quantitative estimate of drug-likeness (QED) is 0.578. The molecule has 1 saturated heterocycles. The molecule has 3 nitrogen and oxygen atoms in total. The van der Waals surface area contributed by atoms with Crippen LogP contribution in [-0.4, -0.2) is 30.1 Å². The fourth-order valence-corrected chi connectivity index (χ4v) is 1.17. The highest BCUT2D eigenvalue weighted by molar-refractivity contribution is 4.76. The molecule has 1 fully saturated rings. The Labute approximate surface area is 61.4 Å². The fourth-order valence-electron chi connectivity index (χ4n) is 1.17. The molecule has 3 heteroatoms. The summed E-state index contributed by atoms with van der Waals surface area (Å²) in [4.78, 5) is 0. The largest absolute Gasteiger partial charge is 0.367 e. The van der Waals surface area contributed by atoms with Gasteiger partial charge in [0.25, 0.3) is 0 Å². The van der Waals surface area contributed by atoms with Crippen LogP contribution < -0.4 is 5.32 Å². The van der Waals surface area contributed by atoms with E-state index in [4.69, 9.17) is 9.84 Å². The molecule has 2 N–H and O–H groups in total. The lowest BCUT2D eigenvalue weighted by Gasteiger charge is -2.17. The maximum absolute atomic E-state index is 9.15. The van der Waals surface area contributed by atoms with Crippen molar-refractivity contribution in [2.75, 3.05) is 6.61 Å². The Morgan fingerprint density at radius 3 is 2.70 bits per heavy atom. The van der Waals surface area contributed by atoms with Crippen LogP contribution in [0.25, 0.3) is 0 Å². The van der Waals surface area contributed by atoms with E-state index in [2.05, 4.69) is 19.2 Å². The predicted octanol–water partition coefficient (Wildman–Crippen LogP) is 0.0917. The number of hydrogen-bond acceptors (Lipinski definition) is 3. The first-order chi connectivity index (χ1) is 4.70. The molecule has 1 heterocycles. The maximum Gasteiger partial charge on any atom is 0.170 e. The molecule has 10 heavy (non-hydrogen) atoms. The van der Waals surface area contributed by atoms with Crippen molar-refractivity contribution in [3.8, 4) is 0 Å². The van der Waals surface area contributed by atoms with Crippen LogP contribution in [0, 0.1) is 0 Å². The third-order valence-electron chi connectivity index (χ3n) is 1.61. The maximum atomic E-state index is 9.15. The van der Waals surface area contributed by atoms with E-state index in [-0.39, 0.29) is 6.04 Å². The molecule has 0 unspecified atom stereocenters. The average Bonchev–Trinajstić information content (AvgIpc) is 2.15. The second kappa shape index (κ2) is 3.32. The lowest BCUT2D eigenvalue weighted by molar-refractivity contribution is -0.0726. The average molecular weight is 145 g/mol. The number of ether oxygens (including phenoxy) is 1. The lowest BCUT2D eigenvalue weighted by Crippen LogP contribution is -2.40. The normalized spacial score (nSPS) is 33.6. The Balaban J connectivity index is 2.26. The van der Waals surface area contributed by atoms with E-state index in [1.807, 2.05) is 0 Å². The van der Waals surface area contributed by atoms with Gasteiger partial charge in [0.1, 0.15) is 0 Å². The Bertz CT molecular complexity index is 106. The highest BCUT2D eigenvalue weighted by atomic mass is 16.6. The summed E-state index contributed by atoms with van der Waals surface area (Å²) in [5.74, 6) is 0. The second-order valence-electron chi connectivity index (χ2n) is 2.98. The highest BCUT2D eigenvalue weighted by Crippen LogP contribution is 2.10. The fraction of sp³-hybridized carbons (Fsp3) is 1.00. The summed E-state index contributed by atoms with van der Waals surface area (Å²) in [6.07, 6.45) is 0.321. The van der Waals surface area contributed by atoms with E-state index in [0.717, 1.165) is 6.42 Å². The van der Waals surface area contributed by atoms with Crippen molar-refractivity contribution < 1.29 is 9.84 Å². The van der Waals surface area contributed by atoms with Crippen molar-refractivity contribution in [2.24, 2.45) is 0 Å². The van der Waals surface area contributed by atoms with Gasteiger partial charge in [0.05, 0.1) is 12.6 Å². The molecular weight excluding hydrogens is 130 g/mol. The van der Waals surface area contributed by atoms with Crippen LogP contribution in [0.1, 0.15) is 20.3 Å². The number of nitrogens with one attached hydrogen (secondary N) is 1. The first-order valence-corrected chi connectivity index (χ1v) is 3.76. The topological polar surface area (TPSA) is 41.5 Å². The molecule has 0 aromatic rings. The van der Waals surface area contributed by atoms with Gasteiger partial charge in [-0.2, -0.15) is 0 Å². The van der Waals surface area contributed by atoms with Crippen LogP contribution in [0.2, 0.25) is 0 Å². The summed E-state index contributed by atoms with van der Waals surface area (Å²) in [7, 11) is 0. The van der Waals surface area contributed by atoms with Gasteiger partial charge in [-0.1, -0.05) is 13.8 Å². The number of hydrogen-bond donors (Lipinski definition) is 2. The minimum atomic E-state index is -0.595. The van der Waals surface area contributed by atoms with Gasteiger partial charge in [0, 0.05) is 6.04 Å².